The van der Waals surface area contributed by atoms with Gasteiger partial charge in [-0.15, -0.1) is 0 Å². The van der Waals surface area contributed by atoms with Gasteiger partial charge < -0.3 is 0 Å². The summed E-state index contributed by atoms with van der Waals surface area (Å²) < 4.78 is 22.1. The van der Waals surface area contributed by atoms with Gasteiger partial charge in [-0.2, -0.15) is 8.42 Å². The molecule has 58 valence electrons. The molecular formula is C3H7N3O3S. The van der Waals surface area contributed by atoms with E-state index in [1.807, 2.05) is 0 Å². The summed E-state index contributed by atoms with van der Waals surface area (Å²) >= 11 is 0. The average Bonchev–Trinajstić information content (AvgIpc) is 1.58. The van der Waals surface area contributed by atoms with Crippen molar-refractivity contribution in [3.8, 4) is 0 Å². The van der Waals surface area contributed by atoms with Crippen molar-refractivity contribution in [1.82, 2.24) is 10.4 Å². The Morgan fingerprint density at radius 2 is 2.00 bits per heavy atom. The second-order valence-corrected chi connectivity index (χ2v) is 2.24. The van der Waals surface area contributed by atoms with Crippen molar-refractivity contribution in [2.45, 2.75) is 0 Å². The maximum atomic E-state index is 10.4. The van der Waals surface area contributed by atoms with Crippen LogP contribution in [-0.4, -0.2) is 33.6 Å². The van der Waals surface area contributed by atoms with E-state index < -0.39 is 16.5 Å². The highest BCUT2D eigenvalue weighted by Gasteiger charge is 1.96. The molecule has 0 radical (unpaired) electrons. The minimum absolute atomic E-state index is 0.904. The molecule has 0 heterocycles. The minimum Gasteiger partial charge on any atom is -0.268 e. The van der Waals surface area contributed by atoms with E-state index in [0.717, 1.165) is 0 Å². The first-order chi connectivity index (χ1) is 4.52. The van der Waals surface area contributed by atoms with Crippen LogP contribution in [0.25, 0.3) is 0 Å². The molecule has 0 aromatic heterocycles. The van der Waals surface area contributed by atoms with Gasteiger partial charge in [-0.25, -0.2) is 9.80 Å². The van der Waals surface area contributed by atoms with Gasteiger partial charge in [-0.3, -0.25) is 5.43 Å². The van der Waals surface area contributed by atoms with Gasteiger partial charge >= 0.3 is 16.5 Å². The number of rotatable bonds is 1. The van der Waals surface area contributed by atoms with Crippen molar-refractivity contribution < 1.29 is 13.2 Å². The Balaban J connectivity index is 4.01. The van der Waals surface area contributed by atoms with Gasteiger partial charge in [0.1, 0.15) is 0 Å². The number of carbonyl (C=O) groups is 1. The van der Waals surface area contributed by atoms with Crippen LogP contribution in [0.1, 0.15) is 0 Å². The van der Waals surface area contributed by atoms with Crippen molar-refractivity contribution in [2.24, 2.45) is 4.36 Å². The summed E-state index contributed by atoms with van der Waals surface area (Å²) in [5.41, 5.74) is 2.11. The third kappa shape index (κ3) is 5.19. The quantitative estimate of drug-likeness (QED) is 0.518. The second-order valence-electron chi connectivity index (χ2n) is 1.62. The lowest BCUT2D eigenvalue weighted by Crippen LogP contribution is -2.33. The predicted octanol–water partition coefficient (Wildman–Crippen LogP) is -0.765. The summed E-state index contributed by atoms with van der Waals surface area (Å²) in [6, 6.07) is -0.904. The van der Waals surface area contributed by atoms with Crippen LogP contribution in [-0.2, 0) is 10.5 Å². The SMILES string of the molecule is CN(C)NC(=O)N=S(=O)=O. The van der Waals surface area contributed by atoms with Gasteiger partial charge in [0.2, 0.25) is 0 Å². The largest absolute Gasteiger partial charge is 0.370 e. The maximum absolute atomic E-state index is 10.4. The van der Waals surface area contributed by atoms with Crippen LogP contribution in [0.3, 0.4) is 0 Å². The molecule has 0 fully saturated rings. The van der Waals surface area contributed by atoms with Crippen LogP contribution in [0.2, 0.25) is 0 Å². The molecule has 6 nitrogen and oxygen atoms in total. The highest BCUT2D eigenvalue weighted by Crippen LogP contribution is 1.72. The Labute approximate surface area is 59.5 Å². The van der Waals surface area contributed by atoms with E-state index in [9.17, 15) is 13.2 Å². The normalized spacial score (nSPS) is 9.10. The van der Waals surface area contributed by atoms with Crippen LogP contribution in [0.15, 0.2) is 4.36 Å². The number of nitrogens with zero attached hydrogens (tertiary/aromatic N) is 2. The fourth-order valence-corrected chi connectivity index (χ4v) is 0.456. The Morgan fingerprint density at radius 3 is 2.30 bits per heavy atom. The maximum Gasteiger partial charge on any atom is 0.370 e. The van der Waals surface area contributed by atoms with Crippen LogP contribution in [0.5, 0.6) is 0 Å². The first kappa shape index (κ1) is 9.05. The Morgan fingerprint density at radius 1 is 1.50 bits per heavy atom. The summed E-state index contributed by atoms with van der Waals surface area (Å²) in [4.78, 5) is 10.4. The summed E-state index contributed by atoms with van der Waals surface area (Å²) in [5.74, 6) is 0. The van der Waals surface area contributed by atoms with E-state index in [1.54, 1.807) is 14.1 Å². The lowest BCUT2D eigenvalue weighted by Gasteiger charge is -2.06. The zero-order valence-corrected chi connectivity index (χ0v) is 6.34. The van der Waals surface area contributed by atoms with E-state index in [0.29, 0.717) is 0 Å². The van der Waals surface area contributed by atoms with Crippen LogP contribution < -0.4 is 5.43 Å². The lowest BCUT2D eigenvalue weighted by molar-refractivity contribution is 0.222. The fourth-order valence-electron chi connectivity index (χ4n) is 0.279. The van der Waals surface area contributed by atoms with Crippen molar-refractivity contribution in [3.05, 3.63) is 0 Å². The molecule has 0 unspecified atom stereocenters. The minimum atomic E-state index is -2.68. The highest BCUT2D eigenvalue weighted by molar-refractivity contribution is 7.62. The summed E-state index contributed by atoms with van der Waals surface area (Å²) in [7, 11) is 0.410. The zero-order valence-electron chi connectivity index (χ0n) is 5.53. The molecule has 7 heteroatoms. The number of urea groups is 1. The molecule has 0 aliphatic carbocycles. The first-order valence-corrected chi connectivity index (χ1v) is 3.34. The topological polar surface area (TPSA) is 78.8 Å². The summed E-state index contributed by atoms with van der Waals surface area (Å²) in [6.45, 7) is 0. The standard InChI is InChI=1S/C3H7N3O3S/c1-6(2)4-3(7)5-10(8)9/h1-2H3,(H,4,7). The second kappa shape index (κ2) is 3.96. The Hall–Kier alpha value is -0.950. The van der Waals surface area contributed by atoms with E-state index >= 15 is 0 Å². The Kier molecular flexibility index (Phi) is 3.59. The number of carbonyl (C=O) groups excluding carboxylic acids is 1. The van der Waals surface area contributed by atoms with Gasteiger partial charge in [0, 0.05) is 14.1 Å². The lowest BCUT2D eigenvalue weighted by atomic mass is 11.0. The molecule has 0 aliphatic rings. The molecule has 2 amide bonds. The number of hydrazine groups is 1. The fraction of sp³-hybridized carbons (Fsp3) is 0.667. The van der Waals surface area contributed by atoms with E-state index in [-0.39, 0.29) is 0 Å². The van der Waals surface area contributed by atoms with Gasteiger partial charge in [0.05, 0.1) is 0 Å². The average molecular weight is 165 g/mol. The van der Waals surface area contributed by atoms with Crippen molar-refractivity contribution in [3.63, 3.8) is 0 Å². The molecule has 0 aromatic rings. The highest BCUT2D eigenvalue weighted by atomic mass is 32.2. The zero-order chi connectivity index (χ0) is 8.15. The summed E-state index contributed by atoms with van der Waals surface area (Å²) in [6.07, 6.45) is 0. The van der Waals surface area contributed by atoms with E-state index in [1.165, 1.54) is 5.01 Å². The van der Waals surface area contributed by atoms with E-state index in [2.05, 4.69) is 9.79 Å². The monoisotopic (exact) mass is 165 g/mol. The van der Waals surface area contributed by atoms with Crippen LogP contribution >= 0.6 is 0 Å². The molecule has 0 spiro atoms. The molecule has 0 aromatic carbocycles. The molecule has 0 rings (SSSR count). The van der Waals surface area contributed by atoms with Crippen molar-refractivity contribution in [1.29, 1.82) is 0 Å². The van der Waals surface area contributed by atoms with Crippen LogP contribution in [0.4, 0.5) is 4.79 Å². The molecule has 0 atom stereocenters. The number of hydrogen-bond donors (Lipinski definition) is 1. The van der Waals surface area contributed by atoms with Gasteiger partial charge in [-0.05, 0) is 0 Å². The van der Waals surface area contributed by atoms with Gasteiger partial charge in [0.25, 0.3) is 0 Å². The van der Waals surface area contributed by atoms with Crippen LogP contribution in [0, 0.1) is 0 Å². The van der Waals surface area contributed by atoms with Gasteiger partial charge in [0.15, 0.2) is 0 Å². The molecule has 1 N–H and O–H groups in total. The first-order valence-electron chi connectivity index (χ1n) is 2.31. The third-order valence-corrected chi connectivity index (χ3v) is 0.792. The van der Waals surface area contributed by atoms with Crippen molar-refractivity contribution >= 4 is 16.5 Å². The third-order valence-electron chi connectivity index (χ3n) is 0.477. The summed E-state index contributed by atoms with van der Waals surface area (Å²) in [5, 5.41) is 1.29. The molecular weight excluding hydrogens is 158 g/mol. The molecule has 0 bridgehead atoms. The Bertz CT molecular complexity index is 234. The molecule has 0 saturated heterocycles. The molecule has 10 heavy (non-hydrogen) atoms. The van der Waals surface area contributed by atoms with Gasteiger partial charge in [-0.1, -0.05) is 4.36 Å². The predicted molar refractivity (Wildman–Crippen MR) is 33.6 cm³/mol. The number of nitrogens with one attached hydrogen (secondary N) is 1. The smallest absolute Gasteiger partial charge is 0.268 e. The molecule has 0 saturated carbocycles. The number of hydrogen-bond acceptors (Lipinski definition) is 4. The van der Waals surface area contributed by atoms with E-state index in [4.69, 9.17) is 0 Å². The van der Waals surface area contributed by atoms with Crippen molar-refractivity contribution in [2.75, 3.05) is 14.1 Å². The number of amides is 2. The molecule has 0 aliphatic heterocycles.